The van der Waals surface area contributed by atoms with E-state index in [-0.39, 0.29) is 17.9 Å². The number of carbonyl (C=O) groups excluding carboxylic acids is 1. The van der Waals surface area contributed by atoms with Crippen molar-refractivity contribution >= 4 is 28.8 Å². The molecular formula is C14H20ClNOS. The van der Waals surface area contributed by atoms with Crippen molar-refractivity contribution in [2.45, 2.75) is 45.1 Å². The molecule has 1 aromatic heterocycles. The summed E-state index contributed by atoms with van der Waals surface area (Å²) in [5.74, 6) is 1.10. The van der Waals surface area contributed by atoms with Gasteiger partial charge >= 0.3 is 0 Å². The molecule has 1 aliphatic rings. The predicted molar refractivity (Wildman–Crippen MR) is 77.5 cm³/mol. The van der Waals surface area contributed by atoms with Gasteiger partial charge in [0.1, 0.15) is 0 Å². The molecule has 0 aromatic carbocycles. The first-order valence-electron chi connectivity index (χ1n) is 6.56. The number of hydrogen-bond donors (Lipinski definition) is 1. The molecule has 0 bridgehead atoms. The third-order valence-corrected chi connectivity index (χ3v) is 5.32. The molecule has 2 nitrogen and oxygen atoms in total. The van der Waals surface area contributed by atoms with Gasteiger partial charge in [0.15, 0.2) is 0 Å². The van der Waals surface area contributed by atoms with Gasteiger partial charge in [0.05, 0.1) is 5.92 Å². The lowest BCUT2D eigenvalue weighted by Crippen LogP contribution is -2.41. The summed E-state index contributed by atoms with van der Waals surface area (Å²) in [7, 11) is 0. The molecule has 1 amide bonds. The SMILES string of the molecule is CC(CCl)C(C)NC(=O)C1CCCc2sccc21. The smallest absolute Gasteiger partial charge is 0.227 e. The first-order valence-corrected chi connectivity index (χ1v) is 7.97. The summed E-state index contributed by atoms with van der Waals surface area (Å²) in [6.45, 7) is 4.09. The van der Waals surface area contributed by atoms with Gasteiger partial charge in [-0.3, -0.25) is 4.79 Å². The van der Waals surface area contributed by atoms with Crippen molar-refractivity contribution in [1.82, 2.24) is 5.32 Å². The van der Waals surface area contributed by atoms with Crippen molar-refractivity contribution in [3.8, 4) is 0 Å². The first-order chi connectivity index (χ1) is 8.63. The molecule has 0 aliphatic heterocycles. The molecule has 1 heterocycles. The fraction of sp³-hybridized carbons (Fsp3) is 0.643. The molecule has 0 saturated heterocycles. The molecule has 2 rings (SSSR count). The van der Waals surface area contributed by atoms with Crippen LogP contribution >= 0.6 is 22.9 Å². The van der Waals surface area contributed by atoms with Crippen molar-refractivity contribution in [3.63, 3.8) is 0 Å². The van der Waals surface area contributed by atoms with Gasteiger partial charge in [-0.2, -0.15) is 0 Å². The van der Waals surface area contributed by atoms with Crippen LogP contribution in [0.4, 0.5) is 0 Å². The average molecular weight is 286 g/mol. The van der Waals surface area contributed by atoms with Crippen molar-refractivity contribution in [2.24, 2.45) is 5.92 Å². The zero-order valence-corrected chi connectivity index (χ0v) is 12.5. The molecule has 18 heavy (non-hydrogen) atoms. The van der Waals surface area contributed by atoms with Crippen molar-refractivity contribution in [2.75, 3.05) is 5.88 Å². The van der Waals surface area contributed by atoms with E-state index in [9.17, 15) is 4.79 Å². The van der Waals surface area contributed by atoms with Crippen molar-refractivity contribution in [3.05, 3.63) is 21.9 Å². The van der Waals surface area contributed by atoms with Crippen molar-refractivity contribution < 1.29 is 4.79 Å². The van der Waals surface area contributed by atoms with Gasteiger partial charge in [-0.15, -0.1) is 22.9 Å². The van der Waals surface area contributed by atoms with Gasteiger partial charge in [0, 0.05) is 16.8 Å². The molecule has 0 spiro atoms. The highest BCUT2D eigenvalue weighted by atomic mass is 35.5. The normalized spacial score (nSPS) is 22.1. The van der Waals surface area contributed by atoms with Crippen LogP contribution in [0.1, 0.15) is 43.0 Å². The first kappa shape index (κ1) is 13.9. The van der Waals surface area contributed by atoms with Gasteiger partial charge in [-0.25, -0.2) is 0 Å². The summed E-state index contributed by atoms with van der Waals surface area (Å²) in [5.41, 5.74) is 1.24. The van der Waals surface area contributed by atoms with Crippen LogP contribution < -0.4 is 5.32 Å². The Morgan fingerprint density at radius 2 is 2.39 bits per heavy atom. The zero-order chi connectivity index (χ0) is 13.1. The number of thiophene rings is 1. The monoisotopic (exact) mass is 285 g/mol. The predicted octanol–water partition coefficient (Wildman–Crippen LogP) is 3.55. The largest absolute Gasteiger partial charge is 0.353 e. The second-order valence-corrected chi connectivity index (χ2v) is 6.48. The number of hydrogen-bond acceptors (Lipinski definition) is 2. The molecule has 0 radical (unpaired) electrons. The minimum atomic E-state index is 0.0463. The maximum Gasteiger partial charge on any atom is 0.227 e. The number of carbonyl (C=O) groups is 1. The van der Waals surface area contributed by atoms with E-state index in [1.54, 1.807) is 11.3 Å². The molecule has 3 atom stereocenters. The lowest BCUT2D eigenvalue weighted by atomic mass is 9.87. The average Bonchev–Trinajstić information content (AvgIpc) is 2.85. The van der Waals surface area contributed by atoms with Gasteiger partial charge < -0.3 is 5.32 Å². The Hall–Kier alpha value is -0.540. The van der Waals surface area contributed by atoms with Crippen LogP contribution in [0.25, 0.3) is 0 Å². The molecular weight excluding hydrogens is 266 g/mol. The highest BCUT2D eigenvalue weighted by Crippen LogP contribution is 2.35. The second kappa shape index (κ2) is 6.07. The summed E-state index contributed by atoms with van der Waals surface area (Å²) in [4.78, 5) is 13.7. The van der Waals surface area contributed by atoms with E-state index < -0.39 is 0 Å². The lowest BCUT2D eigenvalue weighted by molar-refractivity contribution is -0.123. The third kappa shape index (κ3) is 2.89. The molecule has 1 aliphatic carbocycles. The number of fused-ring (bicyclic) bond motifs is 1. The van der Waals surface area contributed by atoms with E-state index in [1.165, 1.54) is 10.4 Å². The number of halogens is 1. The van der Waals surface area contributed by atoms with E-state index >= 15 is 0 Å². The molecule has 100 valence electrons. The van der Waals surface area contributed by atoms with Crippen molar-refractivity contribution in [1.29, 1.82) is 0 Å². The van der Waals surface area contributed by atoms with Gasteiger partial charge in [-0.1, -0.05) is 6.92 Å². The number of rotatable bonds is 4. The van der Waals surface area contributed by atoms with Gasteiger partial charge in [0.2, 0.25) is 5.91 Å². The van der Waals surface area contributed by atoms with Crippen LogP contribution in [-0.4, -0.2) is 17.8 Å². The highest BCUT2D eigenvalue weighted by Gasteiger charge is 2.28. The van der Waals surface area contributed by atoms with Crippen LogP contribution in [0.5, 0.6) is 0 Å². The molecule has 0 saturated carbocycles. The van der Waals surface area contributed by atoms with Gasteiger partial charge in [-0.05, 0) is 49.1 Å². The summed E-state index contributed by atoms with van der Waals surface area (Å²) in [6, 6.07) is 2.25. The second-order valence-electron chi connectivity index (χ2n) is 5.17. The highest BCUT2D eigenvalue weighted by molar-refractivity contribution is 7.10. The summed E-state index contributed by atoms with van der Waals surface area (Å²) in [5, 5.41) is 5.21. The maximum atomic E-state index is 12.3. The Morgan fingerprint density at radius 3 is 3.11 bits per heavy atom. The van der Waals surface area contributed by atoms with Crippen LogP contribution in [-0.2, 0) is 11.2 Å². The van der Waals surface area contributed by atoms with Crippen LogP contribution in [0.2, 0.25) is 0 Å². The number of aryl methyl sites for hydroxylation is 1. The topological polar surface area (TPSA) is 29.1 Å². The summed E-state index contributed by atoms with van der Waals surface area (Å²) >= 11 is 7.61. The molecule has 3 unspecified atom stereocenters. The van der Waals surface area contributed by atoms with Crippen LogP contribution in [0.15, 0.2) is 11.4 Å². The van der Waals surface area contributed by atoms with Crippen LogP contribution in [0.3, 0.4) is 0 Å². The quantitative estimate of drug-likeness (QED) is 0.842. The standard InChI is InChI=1S/C14H20ClNOS/c1-9(8-15)10(2)16-14(17)12-4-3-5-13-11(12)6-7-18-13/h6-7,9-10,12H,3-5,8H2,1-2H3,(H,16,17). The molecule has 1 N–H and O–H groups in total. The fourth-order valence-corrected chi connectivity index (χ4v) is 3.61. The van der Waals surface area contributed by atoms with E-state index in [0.29, 0.717) is 11.8 Å². The molecule has 4 heteroatoms. The van der Waals surface area contributed by atoms with E-state index in [4.69, 9.17) is 11.6 Å². The minimum Gasteiger partial charge on any atom is -0.353 e. The van der Waals surface area contributed by atoms with E-state index in [1.807, 2.05) is 6.92 Å². The Morgan fingerprint density at radius 1 is 1.61 bits per heavy atom. The maximum absolute atomic E-state index is 12.3. The fourth-order valence-electron chi connectivity index (χ4n) is 2.36. The van der Waals surface area contributed by atoms with E-state index in [0.717, 1.165) is 19.3 Å². The Labute approximate surface area is 118 Å². The third-order valence-electron chi connectivity index (χ3n) is 3.84. The lowest BCUT2D eigenvalue weighted by Gasteiger charge is -2.25. The number of amides is 1. The van der Waals surface area contributed by atoms with Crippen LogP contribution in [0, 0.1) is 5.92 Å². The number of alkyl halides is 1. The Kier molecular flexibility index (Phi) is 4.68. The molecule has 1 aromatic rings. The summed E-state index contributed by atoms with van der Waals surface area (Å²) in [6.07, 6.45) is 3.22. The van der Waals surface area contributed by atoms with Gasteiger partial charge in [0.25, 0.3) is 0 Å². The Bertz CT molecular complexity index is 418. The molecule has 0 fully saturated rings. The zero-order valence-electron chi connectivity index (χ0n) is 10.9. The Balaban J connectivity index is 2.03. The summed E-state index contributed by atoms with van der Waals surface area (Å²) < 4.78 is 0. The minimum absolute atomic E-state index is 0.0463. The van der Waals surface area contributed by atoms with E-state index in [2.05, 4.69) is 23.7 Å². The number of nitrogens with one attached hydrogen (secondary N) is 1.